The molecule has 0 bridgehead atoms. The molecule has 1 aliphatic rings. The maximum Gasteiger partial charge on any atom is 0.415 e. The van der Waals surface area contributed by atoms with Gasteiger partial charge in [-0.15, -0.1) is 0 Å². The van der Waals surface area contributed by atoms with Crippen molar-refractivity contribution in [1.82, 2.24) is 14.1 Å². The molecule has 2 heterocycles. The topological polar surface area (TPSA) is 67.2 Å². The predicted octanol–water partition coefficient (Wildman–Crippen LogP) is 8.12. The Morgan fingerprint density at radius 1 is 0.978 bits per heavy atom. The molecule has 3 aromatic rings. The molecular weight excluding hydrogens is 630 g/mol. The largest absolute Gasteiger partial charge is 0.494 e. The fourth-order valence-corrected chi connectivity index (χ4v) is 7.62. The quantitative estimate of drug-likeness (QED) is 0.143. The number of amides is 1. The van der Waals surface area contributed by atoms with Crippen molar-refractivity contribution < 1.29 is 14.3 Å². The number of piperazine rings is 1. The van der Waals surface area contributed by atoms with Crippen LogP contribution in [0.3, 0.4) is 0 Å². The number of nitrogens with zero attached hydrogens (tertiary/aromatic N) is 4. The summed E-state index contributed by atoms with van der Waals surface area (Å²) < 4.78 is 15.1. The lowest BCUT2D eigenvalue weighted by Crippen LogP contribution is -2.46. The third-order valence-corrected chi connectivity index (χ3v) is 10.1. The van der Waals surface area contributed by atoms with Crippen LogP contribution in [0.4, 0.5) is 10.5 Å². The molecule has 0 N–H and O–H groups in total. The number of hydrogen-bond acceptors (Lipinski definition) is 6. The van der Waals surface area contributed by atoms with Crippen LogP contribution in [-0.4, -0.2) is 71.8 Å². The molecule has 2 aromatic carbocycles. The summed E-state index contributed by atoms with van der Waals surface area (Å²) in [5.74, 6) is 0.683. The molecule has 1 unspecified atom stereocenters. The highest BCUT2D eigenvalue weighted by molar-refractivity contribution is 7.35. The number of carbonyl (C=O) groups is 1. The molecule has 1 atom stereocenters. The summed E-state index contributed by atoms with van der Waals surface area (Å²) in [5, 5.41) is 2.08. The number of aromatic nitrogens is 1. The molecule has 8 nitrogen and oxygen atoms in total. The number of unbranched alkanes of at least 4 members (excludes halogenated alkanes) is 1. The number of pyridine rings is 1. The normalized spacial score (nSPS) is 14.8. The van der Waals surface area contributed by atoms with Crippen LogP contribution < -0.4 is 15.2 Å². The van der Waals surface area contributed by atoms with Crippen molar-refractivity contribution in [2.45, 2.75) is 66.2 Å². The minimum atomic E-state index is -0.420. The van der Waals surface area contributed by atoms with E-state index < -0.39 is 6.09 Å². The summed E-state index contributed by atoms with van der Waals surface area (Å²) in [6.07, 6.45) is 2.33. The SMILES string of the molecule is CPN(C(=O)OCn1c(=O)ccc2ccc(OCCCCN3CCN(c4cccc(Cl)c4Cl)CC3)cc21)C(C)(C)CC(C)(C)C. The van der Waals surface area contributed by atoms with Crippen LogP contribution >= 0.6 is 31.9 Å². The average molecular weight is 678 g/mol. The van der Waals surface area contributed by atoms with Gasteiger partial charge < -0.3 is 14.4 Å². The zero-order valence-electron chi connectivity index (χ0n) is 27.4. The molecule has 1 amide bonds. The van der Waals surface area contributed by atoms with Gasteiger partial charge in [0.1, 0.15) is 5.75 Å². The zero-order valence-corrected chi connectivity index (χ0v) is 29.9. The number of carbonyl (C=O) groups excluding carboxylic acids is 1. The number of fused-ring (bicyclic) bond motifs is 1. The zero-order chi connectivity index (χ0) is 32.8. The molecule has 0 aliphatic carbocycles. The Bertz CT molecular complexity index is 1520. The van der Waals surface area contributed by atoms with Gasteiger partial charge in [-0.25, -0.2) is 4.79 Å². The highest BCUT2D eigenvalue weighted by atomic mass is 35.5. The Labute approximate surface area is 279 Å². The monoisotopic (exact) mass is 676 g/mol. The van der Waals surface area contributed by atoms with Gasteiger partial charge in [-0.2, -0.15) is 0 Å². The first-order valence-electron chi connectivity index (χ1n) is 15.6. The Morgan fingerprint density at radius 2 is 1.69 bits per heavy atom. The molecule has 246 valence electrons. The third kappa shape index (κ3) is 9.51. The average Bonchev–Trinajstić information content (AvgIpc) is 2.97. The van der Waals surface area contributed by atoms with Gasteiger partial charge in [0.05, 0.1) is 27.9 Å². The van der Waals surface area contributed by atoms with Gasteiger partial charge in [0.25, 0.3) is 5.56 Å². The predicted molar refractivity (Wildman–Crippen MR) is 189 cm³/mol. The van der Waals surface area contributed by atoms with Gasteiger partial charge in [0.2, 0.25) is 0 Å². The Kier molecular flexibility index (Phi) is 12.1. The van der Waals surface area contributed by atoms with E-state index in [-0.39, 0.29) is 32.0 Å². The van der Waals surface area contributed by atoms with E-state index in [2.05, 4.69) is 44.4 Å². The first kappa shape index (κ1) is 35.3. The summed E-state index contributed by atoms with van der Waals surface area (Å²) in [7, 11) is 0.240. The van der Waals surface area contributed by atoms with Crippen LogP contribution in [0.1, 0.15) is 53.9 Å². The summed E-state index contributed by atoms with van der Waals surface area (Å²) >= 11 is 12.6. The molecule has 0 radical (unpaired) electrons. The van der Waals surface area contributed by atoms with Gasteiger partial charge in [-0.05, 0) is 96.2 Å². The minimum Gasteiger partial charge on any atom is -0.494 e. The standard InChI is InChI=1S/C34H47Cl2N4O4P/c1-33(2,3)23-34(4,5)40(45-6)32(42)44-24-39-29-22-26(14-12-25(29)13-15-30(39)41)43-21-8-7-16-37-17-19-38(20-18-37)28-11-9-10-27(35)31(28)36/h9-15,22,45H,7-8,16-21,23-24H2,1-6H3. The van der Waals surface area contributed by atoms with E-state index in [1.165, 1.54) is 10.6 Å². The van der Waals surface area contributed by atoms with E-state index in [1.807, 2.05) is 43.1 Å². The van der Waals surface area contributed by atoms with E-state index in [4.69, 9.17) is 32.7 Å². The van der Waals surface area contributed by atoms with Crippen LogP contribution in [0.5, 0.6) is 5.75 Å². The Morgan fingerprint density at radius 3 is 2.38 bits per heavy atom. The van der Waals surface area contributed by atoms with E-state index in [1.54, 1.807) is 10.7 Å². The third-order valence-electron chi connectivity index (χ3n) is 8.04. The number of halogens is 2. The van der Waals surface area contributed by atoms with E-state index in [9.17, 15) is 9.59 Å². The number of hydrogen-bond donors (Lipinski definition) is 0. The smallest absolute Gasteiger partial charge is 0.415 e. The molecule has 11 heteroatoms. The van der Waals surface area contributed by atoms with E-state index in [0.717, 1.165) is 63.1 Å². The second-order valence-electron chi connectivity index (χ2n) is 13.4. The maximum absolute atomic E-state index is 13.2. The molecular formula is C34H47Cl2N4O4P. The van der Waals surface area contributed by atoms with Crippen molar-refractivity contribution in [1.29, 1.82) is 0 Å². The van der Waals surface area contributed by atoms with Crippen molar-refractivity contribution in [3.05, 3.63) is 68.9 Å². The van der Waals surface area contributed by atoms with Crippen molar-refractivity contribution >= 4 is 54.6 Å². The van der Waals surface area contributed by atoms with E-state index in [0.29, 0.717) is 27.9 Å². The van der Waals surface area contributed by atoms with Crippen molar-refractivity contribution in [2.24, 2.45) is 5.41 Å². The molecule has 0 spiro atoms. The highest BCUT2D eigenvalue weighted by Gasteiger charge is 2.35. The molecule has 4 rings (SSSR count). The first-order valence-corrected chi connectivity index (χ1v) is 17.8. The summed E-state index contributed by atoms with van der Waals surface area (Å²) in [6.45, 7) is 17.8. The highest BCUT2D eigenvalue weighted by Crippen LogP contribution is 2.37. The van der Waals surface area contributed by atoms with Crippen molar-refractivity contribution in [2.75, 3.05) is 50.9 Å². The van der Waals surface area contributed by atoms with Gasteiger partial charge in [0, 0.05) is 43.9 Å². The number of ether oxygens (including phenoxy) is 2. The van der Waals surface area contributed by atoms with Gasteiger partial charge in [-0.1, -0.05) is 50.0 Å². The molecule has 1 saturated heterocycles. The van der Waals surface area contributed by atoms with Gasteiger partial charge in [-0.3, -0.25) is 18.9 Å². The number of rotatable bonds is 12. The summed E-state index contributed by atoms with van der Waals surface area (Å²) in [6, 6.07) is 14.8. The van der Waals surface area contributed by atoms with Crippen molar-refractivity contribution in [3.63, 3.8) is 0 Å². The van der Waals surface area contributed by atoms with Crippen LogP contribution in [0.2, 0.25) is 10.0 Å². The fourth-order valence-electron chi connectivity index (χ4n) is 6.27. The number of benzene rings is 2. The van der Waals surface area contributed by atoms with Crippen LogP contribution in [-0.2, 0) is 11.5 Å². The fraction of sp³-hybridized carbons (Fsp3) is 0.529. The lowest BCUT2D eigenvalue weighted by Gasteiger charge is -2.40. The van der Waals surface area contributed by atoms with Gasteiger partial charge in [0.15, 0.2) is 6.73 Å². The second kappa shape index (κ2) is 15.4. The molecule has 45 heavy (non-hydrogen) atoms. The van der Waals surface area contributed by atoms with Crippen molar-refractivity contribution in [3.8, 4) is 5.75 Å². The lowest BCUT2D eigenvalue weighted by molar-refractivity contribution is 0.0689. The van der Waals surface area contributed by atoms with Crippen LogP contribution in [0.15, 0.2) is 53.3 Å². The second-order valence-corrected chi connectivity index (χ2v) is 15.1. The number of anilines is 1. The molecule has 1 aliphatic heterocycles. The lowest BCUT2D eigenvalue weighted by atomic mass is 9.82. The van der Waals surface area contributed by atoms with Crippen LogP contribution in [0, 0.1) is 5.41 Å². The minimum absolute atomic E-state index is 0.0492. The first-order chi connectivity index (χ1) is 21.3. The molecule has 1 fully saturated rings. The molecule has 1 aromatic heterocycles. The Balaban J connectivity index is 1.28. The van der Waals surface area contributed by atoms with Crippen LogP contribution in [0.25, 0.3) is 10.9 Å². The molecule has 0 saturated carbocycles. The maximum atomic E-state index is 13.2. The Hall–Kier alpha value is -2.51. The summed E-state index contributed by atoms with van der Waals surface area (Å²) in [4.78, 5) is 30.8. The van der Waals surface area contributed by atoms with Gasteiger partial charge >= 0.3 is 6.09 Å². The van der Waals surface area contributed by atoms with E-state index >= 15 is 0 Å². The summed E-state index contributed by atoms with van der Waals surface area (Å²) in [5.41, 5.74) is 1.11.